The van der Waals surface area contributed by atoms with Crippen molar-refractivity contribution in [1.29, 1.82) is 0 Å². The highest BCUT2D eigenvalue weighted by molar-refractivity contribution is 5.33. The van der Waals surface area contributed by atoms with E-state index in [4.69, 9.17) is 4.74 Å². The number of para-hydroxylation sites is 1. The van der Waals surface area contributed by atoms with Crippen LogP contribution in [0.15, 0.2) is 36.7 Å². The monoisotopic (exact) mass is 245 g/mol. The van der Waals surface area contributed by atoms with Crippen molar-refractivity contribution in [2.24, 2.45) is 7.05 Å². The first-order valence-electron chi connectivity index (χ1n) is 6.09. The second-order valence-electron chi connectivity index (χ2n) is 4.26. The van der Waals surface area contributed by atoms with Crippen molar-refractivity contribution in [2.45, 2.75) is 13.0 Å². The number of rotatable bonds is 6. The Kier molecular flexibility index (Phi) is 4.36. The molecule has 0 spiro atoms. The number of benzene rings is 1. The van der Waals surface area contributed by atoms with E-state index in [1.165, 1.54) is 11.1 Å². The maximum Gasteiger partial charge on any atom is 0.122 e. The highest BCUT2D eigenvalue weighted by Gasteiger charge is 2.01. The Bertz CT molecular complexity index is 493. The van der Waals surface area contributed by atoms with Crippen LogP contribution in [0.1, 0.15) is 11.1 Å². The minimum atomic E-state index is 0.850. The maximum atomic E-state index is 5.32. The van der Waals surface area contributed by atoms with E-state index >= 15 is 0 Å². The maximum absolute atomic E-state index is 5.32. The average Bonchev–Trinajstić information content (AvgIpc) is 2.81. The average molecular weight is 245 g/mol. The third kappa shape index (κ3) is 3.34. The summed E-state index contributed by atoms with van der Waals surface area (Å²) in [5.41, 5.74) is 2.44. The third-order valence-electron chi connectivity index (χ3n) is 2.85. The van der Waals surface area contributed by atoms with Crippen LogP contribution in [-0.2, 0) is 20.0 Å². The molecular weight excluding hydrogens is 226 g/mol. The second-order valence-corrected chi connectivity index (χ2v) is 4.26. The van der Waals surface area contributed by atoms with Crippen LogP contribution >= 0.6 is 0 Å². The molecule has 0 aliphatic rings. The van der Waals surface area contributed by atoms with Crippen LogP contribution in [0.2, 0.25) is 0 Å². The van der Waals surface area contributed by atoms with Crippen LogP contribution in [0.4, 0.5) is 0 Å². The van der Waals surface area contributed by atoms with Gasteiger partial charge in [0.1, 0.15) is 5.75 Å². The molecule has 0 aliphatic carbocycles. The second kappa shape index (κ2) is 6.21. The number of nitrogens with zero attached hydrogens (tertiary/aromatic N) is 2. The summed E-state index contributed by atoms with van der Waals surface area (Å²) in [5.74, 6) is 0.959. The van der Waals surface area contributed by atoms with Gasteiger partial charge in [0.05, 0.1) is 13.3 Å². The Morgan fingerprint density at radius 3 is 2.89 bits per heavy atom. The Balaban J connectivity index is 1.78. The molecule has 0 aliphatic heterocycles. The number of hydrogen-bond donors (Lipinski definition) is 1. The van der Waals surface area contributed by atoms with E-state index in [0.29, 0.717) is 0 Å². The first-order chi connectivity index (χ1) is 8.79. The zero-order chi connectivity index (χ0) is 12.8. The predicted molar refractivity (Wildman–Crippen MR) is 71.6 cm³/mol. The van der Waals surface area contributed by atoms with Crippen LogP contribution in [0.5, 0.6) is 5.75 Å². The molecule has 0 amide bonds. The highest BCUT2D eigenvalue weighted by Crippen LogP contribution is 2.17. The number of ether oxygens (including phenoxy) is 1. The molecular formula is C14H19N3O. The normalized spacial score (nSPS) is 10.6. The van der Waals surface area contributed by atoms with Gasteiger partial charge in [0.25, 0.3) is 0 Å². The van der Waals surface area contributed by atoms with Gasteiger partial charge in [-0.15, -0.1) is 0 Å². The summed E-state index contributed by atoms with van der Waals surface area (Å²) in [6.07, 6.45) is 4.87. The van der Waals surface area contributed by atoms with Gasteiger partial charge in [0.2, 0.25) is 0 Å². The van der Waals surface area contributed by atoms with Crippen LogP contribution in [0, 0.1) is 0 Å². The summed E-state index contributed by atoms with van der Waals surface area (Å²) < 4.78 is 7.14. The molecule has 1 aromatic carbocycles. The Labute approximate surface area is 108 Å². The Morgan fingerprint density at radius 1 is 1.33 bits per heavy atom. The van der Waals surface area contributed by atoms with E-state index in [2.05, 4.69) is 16.5 Å². The SMILES string of the molecule is COc1ccccc1CCNCc1cnn(C)c1. The molecule has 4 heteroatoms. The van der Waals surface area contributed by atoms with Crippen molar-refractivity contribution in [3.8, 4) is 5.75 Å². The highest BCUT2D eigenvalue weighted by atomic mass is 16.5. The topological polar surface area (TPSA) is 39.1 Å². The number of hydrogen-bond acceptors (Lipinski definition) is 3. The van der Waals surface area contributed by atoms with Crippen LogP contribution in [0.25, 0.3) is 0 Å². The van der Waals surface area contributed by atoms with Crippen molar-refractivity contribution in [2.75, 3.05) is 13.7 Å². The fraction of sp³-hybridized carbons (Fsp3) is 0.357. The smallest absolute Gasteiger partial charge is 0.122 e. The molecule has 1 aromatic heterocycles. The van der Waals surface area contributed by atoms with Gasteiger partial charge in [-0.3, -0.25) is 4.68 Å². The number of aryl methyl sites for hydroxylation is 1. The van der Waals surface area contributed by atoms with E-state index in [-0.39, 0.29) is 0 Å². The predicted octanol–water partition coefficient (Wildman–Crippen LogP) is 1.76. The van der Waals surface area contributed by atoms with Gasteiger partial charge in [-0.25, -0.2) is 0 Å². The van der Waals surface area contributed by atoms with Crippen LogP contribution in [0.3, 0.4) is 0 Å². The third-order valence-corrected chi connectivity index (χ3v) is 2.85. The molecule has 0 saturated carbocycles. The Morgan fingerprint density at radius 2 is 2.17 bits per heavy atom. The minimum Gasteiger partial charge on any atom is -0.496 e. The van der Waals surface area contributed by atoms with Gasteiger partial charge in [-0.05, 0) is 24.6 Å². The van der Waals surface area contributed by atoms with Crippen molar-refractivity contribution in [3.63, 3.8) is 0 Å². The minimum absolute atomic E-state index is 0.850. The molecule has 4 nitrogen and oxygen atoms in total. The van der Waals surface area contributed by atoms with Crippen LogP contribution < -0.4 is 10.1 Å². The lowest BCUT2D eigenvalue weighted by Crippen LogP contribution is -2.16. The molecule has 2 aromatic rings. The summed E-state index contributed by atoms with van der Waals surface area (Å²) in [7, 11) is 3.64. The molecule has 0 atom stereocenters. The first-order valence-corrected chi connectivity index (χ1v) is 6.09. The lowest BCUT2D eigenvalue weighted by atomic mass is 10.1. The molecule has 0 radical (unpaired) electrons. The van der Waals surface area contributed by atoms with Crippen molar-refractivity contribution < 1.29 is 4.74 Å². The summed E-state index contributed by atoms with van der Waals surface area (Å²) in [4.78, 5) is 0. The quantitative estimate of drug-likeness (QED) is 0.788. The van der Waals surface area contributed by atoms with Gasteiger partial charge in [-0.1, -0.05) is 18.2 Å². The molecule has 0 unspecified atom stereocenters. The van der Waals surface area contributed by atoms with Crippen molar-refractivity contribution >= 4 is 0 Å². The lowest BCUT2D eigenvalue weighted by Gasteiger charge is -2.08. The molecule has 18 heavy (non-hydrogen) atoms. The molecule has 0 saturated heterocycles. The number of aromatic nitrogens is 2. The largest absolute Gasteiger partial charge is 0.496 e. The lowest BCUT2D eigenvalue weighted by molar-refractivity contribution is 0.409. The summed E-state index contributed by atoms with van der Waals surface area (Å²) in [6.45, 7) is 1.78. The Hall–Kier alpha value is -1.81. The van der Waals surface area contributed by atoms with E-state index < -0.39 is 0 Å². The summed E-state index contributed by atoms with van der Waals surface area (Å²) in [5, 5.41) is 7.54. The van der Waals surface area contributed by atoms with Crippen molar-refractivity contribution in [3.05, 3.63) is 47.8 Å². The van der Waals surface area contributed by atoms with Gasteiger partial charge in [0, 0.05) is 25.4 Å². The van der Waals surface area contributed by atoms with E-state index in [1.807, 2.05) is 42.3 Å². The number of methoxy groups -OCH3 is 1. The summed E-state index contributed by atoms with van der Waals surface area (Å²) >= 11 is 0. The van der Waals surface area contributed by atoms with Gasteiger partial charge >= 0.3 is 0 Å². The number of nitrogens with one attached hydrogen (secondary N) is 1. The van der Waals surface area contributed by atoms with E-state index in [1.54, 1.807) is 7.11 Å². The van der Waals surface area contributed by atoms with Gasteiger partial charge < -0.3 is 10.1 Å². The van der Waals surface area contributed by atoms with E-state index in [9.17, 15) is 0 Å². The van der Waals surface area contributed by atoms with Crippen LogP contribution in [-0.4, -0.2) is 23.4 Å². The van der Waals surface area contributed by atoms with Crippen molar-refractivity contribution in [1.82, 2.24) is 15.1 Å². The zero-order valence-electron chi connectivity index (χ0n) is 10.9. The molecule has 0 fully saturated rings. The van der Waals surface area contributed by atoms with E-state index in [0.717, 1.165) is 25.3 Å². The van der Waals surface area contributed by atoms with Gasteiger partial charge in [-0.2, -0.15) is 5.10 Å². The molecule has 1 heterocycles. The fourth-order valence-electron chi connectivity index (χ4n) is 1.93. The standard InChI is InChI=1S/C14H19N3O/c1-17-11-12(10-16-17)9-15-8-7-13-5-3-4-6-14(13)18-2/h3-6,10-11,15H,7-9H2,1-2H3. The summed E-state index contributed by atoms with van der Waals surface area (Å²) in [6, 6.07) is 8.13. The molecule has 1 N–H and O–H groups in total. The fourth-order valence-corrected chi connectivity index (χ4v) is 1.93. The molecule has 2 rings (SSSR count). The zero-order valence-corrected chi connectivity index (χ0v) is 10.9. The molecule has 96 valence electrons. The van der Waals surface area contributed by atoms with Gasteiger partial charge in [0.15, 0.2) is 0 Å². The first kappa shape index (κ1) is 12.6. The molecule has 0 bridgehead atoms.